The molecule has 0 amide bonds. The predicted octanol–water partition coefficient (Wildman–Crippen LogP) is 1.68. The van der Waals surface area contributed by atoms with Crippen molar-refractivity contribution in [3.05, 3.63) is 0 Å². The van der Waals surface area contributed by atoms with Crippen LogP contribution in [0.2, 0.25) is 0 Å². The molecule has 102 valence electrons. The molecule has 17 heavy (non-hydrogen) atoms. The molecule has 0 atom stereocenters. The van der Waals surface area contributed by atoms with Crippen molar-refractivity contribution in [2.24, 2.45) is 4.99 Å². The lowest BCUT2D eigenvalue weighted by Crippen LogP contribution is -2.37. The Morgan fingerprint density at radius 1 is 0.941 bits per heavy atom. The van der Waals surface area contributed by atoms with Gasteiger partial charge in [-0.25, -0.2) is 0 Å². The van der Waals surface area contributed by atoms with Gasteiger partial charge >= 0.3 is 0 Å². The van der Waals surface area contributed by atoms with E-state index in [-0.39, 0.29) is 0 Å². The molecular formula is C13H30N4. The zero-order chi connectivity index (χ0) is 12.9. The van der Waals surface area contributed by atoms with Gasteiger partial charge in [-0.2, -0.15) is 0 Å². The SMILES string of the molecule is CCNC(=NCCCCN(CC)CC)NCC. The van der Waals surface area contributed by atoms with Gasteiger partial charge in [0.25, 0.3) is 0 Å². The lowest BCUT2D eigenvalue weighted by Gasteiger charge is -2.17. The van der Waals surface area contributed by atoms with Gasteiger partial charge in [0.2, 0.25) is 0 Å². The van der Waals surface area contributed by atoms with Gasteiger partial charge in [-0.05, 0) is 46.3 Å². The minimum Gasteiger partial charge on any atom is -0.357 e. The van der Waals surface area contributed by atoms with Gasteiger partial charge in [0.15, 0.2) is 5.96 Å². The van der Waals surface area contributed by atoms with E-state index >= 15 is 0 Å². The molecule has 0 fully saturated rings. The molecule has 0 bridgehead atoms. The standard InChI is InChI=1S/C13H30N4/c1-5-14-13(15-6-2)16-11-9-10-12-17(7-3)8-4/h5-12H2,1-4H3,(H2,14,15,16). The lowest BCUT2D eigenvalue weighted by atomic mass is 10.3. The summed E-state index contributed by atoms with van der Waals surface area (Å²) in [5.41, 5.74) is 0. The first-order valence-corrected chi connectivity index (χ1v) is 7.02. The quantitative estimate of drug-likeness (QED) is 0.367. The Hall–Kier alpha value is -0.770. The van der Waals surface area contributed by atoms with Crippen molar-refractivity contribution in [2.75, 3.05) is 39.3 Å². The molecule has 4 nitrogen and oxygen atoms in total. The van der Waals surface area contributed by atoms with E-state index in [1.54, 1.807) is 0 Å². The highest BCUT2D eigenvalue weighted by molar-refractivity contribution is 5.79. The largest absolute Gasteiger partial charge is 0.357 e. The smallest absolute Gasteiger partial charge is 0.191 e. The van der Waals surface area contributed by atoms with Crippen molar-refractivity contribution >= 4 is 5.96 Å². The average molecular weight is 242 g/mol. The number of unbranched alkanes of at least 4 members (excludes halogenated alkanes) is 1. The minimum atomic E-state index is 0.913. The first-order chi connectivity index (χ1) is 8.28. The van der Waals surface area contributed by atoms with Crippen molar-refractivity contribution in [1.82, 2.24) is 15.5 Å². The average Bonchev–Trinajstić information content (AvgIpc) is 2.34. The molecule has 4 heteroatoms. The fourth-order valence-electron chi connectivity index (χ4n) is 1.69. The summed E-state index contributed by atoms with van der Waals surface area (Å²) in [7, 11) is 0. The molecule has 2 N–H and O–H groups in total. The number of aliphatic imine (C=N–C) groups is 1. The lowest BCUT2D eigenvalue weighted by molar-refractivity contribution is 0.297. The summed E-state index contributed by atoms with van der Waals surface area (Å²) in [6.45, 7) is 14.9. The van der Waals surface area contributed by atoms with Crippen LogP contribution < -0.4 is 10.6 Å². The van der Waals surface area contributed by atoms with E-state index in [0.717, 1.165) is 45.1 Å². The summed E-state index contributed by atoms with van der Waals surface area (Å²) in [6.07, 6.45) is 2.40. The Labute approximate surface area is 107 Å². The molecule has 0 radical (unpaired) electrons. The molecule has 0 unspecified atom stereocenters. The van der Waals surface area contributed by atoms with Crippen LogP contribution in [-0.2, 0) is 0 Å². The van der Waals surface area contributed by atoms with E-state index in [1.165, 1.54) is 13.0 Å². The molecule has 0 aliphatic rings. The maximum atomic E-state index is 4.53. The Balaban J connectivity index is 3.67. The second-order valence-corrected chi connectivity index (χ2v) is 4.02. The number of hydrogen-bond donors (Lipinski definition) is 2. The summed E-state index contributed by atoms with van der Waals surface area (Å²) in [4.78, 5) is 6.99. The van der Waals surface area contributed by atoms with Crippen molar-refractivity contribution in [3.8, 4) is 0 Å². The molecule has 0 aliphatic heterocycles. The van der Waals surface area contributed by atoms with Crippen molar-refractivity contribution < 1.29 is 0 Å². The van der Waals surface area contributed by atoms with Crippen LogP contribution >= 0.6 is 0 Å². The topological polar surface area (TPSA) is 39.7 Å². The number of nitrogens with one attached hydrogen (secondary N) is 2. The maximum Gasteiger partial charge on any atom is 0.191 e. The van der Waals surface area contributed by atoms with E-state index in [1.807, 2.05) is 0 Å². The highest BCUT2D eigenvalue weighted by atomic mass is 15.2. The summed E-state index contributed by atoms with van der Waals surface area (Å²) >= 11 is 0. The van der Waals surface area contributed by atoms with E-state index in [2.05, 4.69) is 48.2 Å². The van der Waals surface area contributed by atoms with Crippen LogP contribution in [0, 0.1) is 0 Å². The maximum absolute atomic E-state index is 4.53. The van der Waals surface area contributed by atoms with Gasteiger partial charge < -0.3 is 15.5 Å². The van der Waals surface area contributed by atoms with Crippen molar-refractivity contribution in [2.45, 2.75) is 40.5 Å². The second-order valence-electron chi connectivity index (χ2n) is 4.02. The molecular weight excluding hydrogens is 212 g/mol. The third kappa shape index (κ3) is 8.98. The molecule has 0 aromatic rings. The van der Waals surface area contributed by atoms with Crippen LogP contribution in [0.3, 0.4) is 0 Å². The zero-order valence-corrected chi connectivity index (χ0v) is 12.1. The summed E-state index contributed by atoms with van der Waals surface area (Å²) < 4.78 is 0. The number of nitrogens with zero attached hydrogens (tertiary/aromatic N) is 2. The highest BCUT2D eigenvalue weighted by Gasteiger charge is 1.98. The fraction of sp³-hybridized carbons (Fsp3) is 0.923. The molecule has 0 aliphatic carbocycles. The van der Waals surface area contributed by atoms with Gasteiger partial charge in [0, 0.05) is 19.6 Å². The third-order valence-electron chi connectivity index (χ3n) is 2.74. The van der Waals surface area contributed by atoms with Crippen molar-refractivity contribution in [1.29, 1.82) is 0 Å². The van der Waals surface area contributed by atoms with Gasteiger partial charge in [0.1, 0.15) is 0 Å². The van der Waals surface area contributed by atoms with Crippen LogP contribution in [0.4, 0.5) is 0 Å². The first-order valence-electron chi connectivity index (χ1n) is 7.02. The normalized spacial score (nSPS) is 10.4. The van der Waals surface area contributed by atoms with E-state index in [9.17, 15) is 0 Å². The van der Waals surface area contributed by atoms with Crippen molar-refractivity contribution in [3.63, 3.8) is 0 Å². The summed E-state index contributed by atoms with van der Waals surface area (Å²) in [5.74, 6) is 0.942. The number of rotatable bonds is 9. The van der Waals surface area contributed by atoms with Crippen LogP contribution in [0.1, 0.15) is 40.5 Å². The molecule has 0 saturated carbocycles. The molecule has 0 spiro atoms. The molecule has 0 aromatic heterocycles. The zero-order valence-electron chi connectivity index (χ0n) is 12.1. The minimum absolute atomic E-state index is 0.913. The Bertz CT molecular complexity index is 180. The van der Waals surface area contributed by atoms with E-state index in [0.29, 0.717) is 0 Å². The van der Waals surface area contributed by atoms with Gasteiger partial charge in [-0.3, -0.25) is 4.99 Å². The molecule has 0 rings (SSSR count). The van der Waals surface area contributed by atoms with Gasteiger partial charge in [-0.1, -0.05) is 13.8 Å². The van der Waals surface area contributed by atoms with Crippen LogP contribution in [0.25, 0.3) is 0 Å². The Morgan fingerprint density at radius 3 is 2.00 bits per heavy atom. The first kappa shape index (κ1) is 16.2. The Morgan fingerprint density at radius 2 is 1.53 bits per heavy atom. The molecule has 0 aromatic carbocycles. The number of guanidine groups is 1. The van der Waals surface area contributed by atoms with E-state index < -0.39 is 0 Å². The monoisotopic (exact) mass is 242 g/mol. The second kappa shape index (κ2) is 11.7. The fourth-order valence-corrected chi connectivity index (χ4v) is 1.69. The van der Waals surface area contributed by atoms with Gasteiger partial charge in [-0.15, -0.1) is 0 Å². The number of hydrogen-bond acceptors (Lipinski definition) is 2. The highest BCUT2D eigenvalue weighted by Crippen LogP contribution is 1.95. The summed E-state index contributed by atoms with van der Waals surface area (Å²) in [5, 5.41) is 6.47. The molecule has 0 saturated heterocycles. The predicted molar refractivity (Wildman–Crippen MR) is 76.7 cm³/mol. The Kier molecular flexibility index (Phi) is 11.2. The van der Waals surface area contributed by atoms with Crippen LogP contribution in [0.5, 0.6) is 0 Å². The molecule has 0 heterocycles. The van der Waals surface area contributed by atoms with E-state index in [4.69, 9.17) is 0 Å². The summed E-state index contributed by atoms with van der Waals surface area (Å²) in [6, 6.07) is 0. The van der Waals surface area contributed by atoms with Gasteiger partial charge in [0.05, 0.1) is 0 Å². The third-order valence-corrected chi connectivity index (χ3v) is 2.74. The van der Waals surface area contributed by atoms with Crippen LogP contribution in [0.15, 0.2) is 4.99 Å². The van der Waals surface area contributed by atoms with Crippen LogP contribution in [-0.4, -0.2) is 50.1 Å².